The summed E-state index contributed by atoms with van der Waals surface area (Å²) in [5, 5.41) is 3.96. The molecule has 2 fully saturated rings. The van der Waals surface area contributed by atoms with Crippen LogP contribution in [0, 0.1) is 11.8 Å². The third-order valence-electron chi connectivity index (χ3n) is 5.23. The van der Waals surface area contributed by atoms with Crippen LogP contribution in [0.15, 0.2) is 0 Å². The van der Waals surface area contributed by atoms with Gasteiger partial charge in [0.1, 0.15) is 0 Å². The molecule has 19 heavy (non-hydrogen) atoms. The van der Waals surface area contributed by atoms with Gasteiger partial charge in [0.25, 0.3) is 0 Å². The van der Waals surface area contributed by atoms with Gasteiger partial charge >= 0.3 is 0 Å². The van der Waals surface area contributed by atoms with Crippen LogP contribution in [0.2, 0.25) is 0 Å². The van der Waals surface area contributed by atoms with Gasteiger partial charge in [0, 0.05) is 18.1 Å². The standard InChI is InChI=1S/C16H32N2O/c1-4-16(13-7-10-15(11-13)18-19-3)17-14-8-5-12(2)6-9-14/h12-18H,4-11H2,1-3H3. The van der Waals surface area contributed by atoms with Crippen molar-refractivity contribution in [1.29, 1.82) is 0 Å². The van der Waals surface area contributed by atoms with E-state index >= 15 is 0 Å². The Labute approximate surface area is 118 Å². The number of rotatable bonds is 6. The molecule has 0 saturated heterocycles. The van der Waals surface area contributed by atoms with Crippen LogP contribution in [-0.2, 0) is 4.84 Å². The van der Waals surface area contributed by atoms with Gasteiger partial charge in [0.05, 0.1) is 7.11 Å². The second-order valence-corrected chi connectivity index (χ2v) is 6.73. The summed E-state index contributed by atoms with van der Waals surface area (Å²) in [6.45, 7) is 4.73. The lowest BCUT2D eigenvalue weighted by atomic mass is 9.86. The van der Waals surface area contributed by atoms with Crippen molar-refractivity contribution in [2.75, 3.05) is 7.11 Å². The van der Waals surface area contributed by atoms with Crippen molar-refractivity contribution < 1.29 is 4.84 Å². The van der Waals surface area contributed by atoms with Gasteiger partial charge in [0.2, 0.25) is 0 Å². The molecule has 3 heteroatoms. The molecular formula is C16H32N2O. The summed E-state index contributed by atoms with van der Waals surface area (Å²) in [6, 6.07) is 2.05. The monoisotopic (exact) mass is 268 g/mol. The van der Waals surface area contributed by atoms with Gasteiger partial charge < -0.3 is 10.2 Å². The fourth-order valence-electron chi connectivity index (χ4n) is 3.97. The summed E-state index contributed by atoms with van der Waals surface area (Å²) in [5.41, 5.74) is 3.14. The molecule has 2 aliphatic carbocycles. The van der Waals surface area contributed by atoms with Crippen molar-refractivity contribution in [3.05, 3.63) is 0 Å². The maximum Gasteiger partial charge on any atom is 0.0572 e. The molecule has 0 amide bonds. The highest BCUT2D eigenvalue weighted by molar-refractivity contribution is 4.88. The molecule has 3 nitrogen and oxygen atoms in total. The maximum absolute atomic E-state index is 5.08. The van der Waals surface area contributed by atoms with Crippen molar-refractivity contribution in [2.45, 2.75) is 83.3 Å². The van der Waals surface area contributed by atoms with Gasteiger partial charge in [0.15, 0.2) is 0 Å². The van der Waals surface area contributed by atoms with Gasteiger partial charge in [-0.3, -0.25) is 0 Å². The lowest BCUT2D eigenvalue weighted by Crippen LogP contribution is -2.43. The number of hydrogen-bond acceptors (Lipinski definition) is 3. The third-order valence-corrected chi connectivity index (χ3v) is 5.23. The Hall–Kier alpha value is -0.120. The minimum atomic E-state index is 0.567. The lowest BCUT2D eigenvalue weighted by Gasteiger charge is -2.33. The zero-order valence-corrected chi connectivity index (χ0v) is 13.0. The molecular weight excluding hydrogens is 236 g/mol. The van der Waals surface area contributed by atoms with E-state index in [9.17, 15) is 0 Å². The van der Waals surface area contributed by atoms with Crippen LogP contribution in [0.3, 0.4) is 0 Å². The second kappa shape index (κ2) is 7.61. The zero-order valence-electron chi connectivity index (χ0n) is 13.0. The minimum absolute atomic E-state index is 0.567. The molecule has 0 aromatic heterocycles. The summed E-state index contributed by atoms with van der Waals surface area (Å²) in [5.74, 6) is 1.77. The van der Waals surface area contributed by atoms with Gasteiger partial charge in [-0.25, -0.2) is 0 Å². The fourth-order valence-corrected chi connectivity index (χ4v) is 3.97. The number of hydroxylamine groups is 1. The third kappa shape index (κ3) is 4.44. The van der Waals surface area contributed by atoms with E-state index in [0.29, 0.717) is 12.1 Å². The molecule has 3 unspecified atom stereocenters. The van der Waals surface area contributed by atoms with Crippen molar-refractivity contribution in [1.82, 2.24) is 10.8 Å². The molecule has 2 N–H and O–H groups in total. The first kappa shape index (κ1) is 15.3. The van der Waals surface area contributed by atoms with Gasteiger partial charge in [-0.05, 0) is 63.2 Å². The van der Waals surface area contributed by atoms with Gasteiger partial charge in [-0.15, -0.1) is 0 Å². The van der Waals surface area contributed by atoms with E-state index in [1.54, 1.807) is 7.11 Å². The summed E-state index contributed by atoms with van der Waals surface area (Å²) in [4.78, 5) is 5.08. The summed E-state index contributed by atoms with van der Waals surface area (Å²) in [6.07, 6.45) is 10.7. The van der Waals surface area contributed by atoms with E-state index in [2.05, 4.69) is 24.6 Å². The topological polar surface area (TPSA) is 33.3 Å². The first-order valence-corrected chi connectivity index (χ1v) is 8.27. The quantitative estimate of drug-likeness (QED) is 0.726. The Balaban J connectivity index is 1.77. The first-order valence-electron chi connectivity index (χ1n) is 8.27. The van der Waals surface area contributed by atoms with Crippen LogP contribution in [0.1, 0.15) is 65.2 Å². The first-order chi connectivity index (χ1) is 9.22. The highest BCUT2D eigenvalue weighted by Gasteiger charge is 2.31. The van der Waals surface area contributed by atoms with Crippen LogP contribution >= 0.6 is 0 Å². The summed E-state index contributed by atoms with van der Waals surface area (Å²) in [7, 11) is 1.73. The molecule has 112 valence electrons. The van der Waals surface area contributed by atoms with Crippen LogP contribution in [0.4, 0.5) is 0 Å². The van der Waals surface area contributed by atoms with Crippen molar-refractivity contribution in [2.24, 2.45) is 11.8 Å². The molecule has 0 bridgehead atoms. The predicted molar refractivity (Wildman–Crippen MR) is 79.9 cm³/mol. The van der Waals surface area contributed by atoms with E-state index in [0.717, 1.165) is 17.9 Å². The van der Waals surface area contributed by atoms with E-state index in [1.165, 1.54) is 51.4 Å². The minimum Gasteiger partial charge on any atom is -0.311 e. The van der Waals surface area contributed by atoms with Crippen molar-refractivity contribution in [3.8, 4) is 0 Å². The Morgan fingerprint density at radius 1 is 1.05 bits per heavy atom. The van der Waals surface area contributed by atoms with E-state index < -0.39 is 0 Å². The van der Waals surface area contributed by atoms with Crippen LogP contribution in [0.25, 0.3) is 0 Å². The average molecular weight is 268 g/mol. The Bertz CT molecular complexity index is 251. The maximum atomic E-state index is 5.08. The average Bonchev–Trinajstić information content (AvgIpc) is 2.87. The molecule has 0 radical (unpaired) electrons. The highest BCUT2D eigenvalue weighted by Crippen LogP contribution is 2.31. The Morgan fingerprint density at radius 2 is 1.74 bits per heavy atom. The van der Waals surface area contributed by atoms with E-state index in [1.807, 2.05) is 0 Å². The second-order valence-electron chi connectivity index (χ2n) is 6.73. The molecule has 0 aromatic carbocycles. The zero-order chi connectivity index (χ0) is 13.7. The van der Waals surface area contributed by atoms with Crippen LogP contribution in [-0.4, -0.2) is 25.2 Å². The van der Waals surface area contributed by atoms with Gasteiger partial charge in [-0.2, -0.15) is 5.48 Å². The van der Waals surface area contributed by atoms with Crippen molar-refractivity contribution in [3.63, 3.8) is 0 Å². The van der Waals surface area contributed by atoms with Crippen LogP contribution in [0.5, 0.6) is 0 Å². The highest BCUT2D eigenvalue weighted by atomic mass is 16.6. The Kier molecular flexibility index (Phi) is 6.11. The number of hydrogen-bond donors (Lipinski definition) is 2. The normalized spacial score (nSPS) is 37.4. The molecule has 0 spiro atoms. The molecule has 2 rings (SSSR count). The van der Waals surface area contributed by atoms with Crippen LogP contribution < -0.4 is 10.8 Å². The van der Waals surface area contributed by atoms with E-state index in [4.69, 9.17) is 4.84 Å². The molecule has 0 aliphatic heterocycles. The molecule has 0 heterocycles. The van der Waals surface area contributed by atoms with Gasteiger partial charge in [-0.1, -0.05) is 13.8 Å². The smallest absolute Gasteiger partial charge is 0.0572 e. The molecule has 2 saturated carbocycles. The Morgan fingerprint density at radius 3 is 2.37 bits per heavy atom. The molecule has 3 atom stereocenters. The molecule has 0 aromatic rings. The predicted octanol–water partition coefficient (Wildman–Crippen LogP) is 3.25. The van der Waals surface area contributed by atoms with E-state index in [-0.39, 0.29) is 0 Å². The largest absolute Gasteiger partial charge is 0.311 e. The fraction of sp³-hybridized carbons (Fsp3) is 1.00. The SMILES string of the molecule is CCC(NC1CCC(C)CC1)C1CCC(NOC)C1. The lowest BCUT2D eigenvalue weighted by molar-refractivity contribution is 0.0607. The number of nitrogens with one attached hydrogen (secondary N) is 2. The summed E-state index contributed by atoms with van der Waals surface area (Å²) < 4.78 is 0. The molecule has 2 aliphatic rings. The van der Waals surface area contributed by atoms with Crippen molar-refractivity contribution >= 4 is 0 Å². The summed E-state index contributed by atoms with van der Waals surface area (Å²) >= 11 is 0.